The van der Waals surface area contributed by atoms with Gasteiger partial charge in [-0.3, -0.25) is 4.79 Å². The maximum absolute atomic E-state index is 13.9. The van der Waals surface area contributed by atoms with Crippen LogP contribution in [0.5, 0.6) is 5.75 Å². The van der Waals surface area contributed by atoms with Gasteiger partial charge in [0.2, 0.25) is 0 Å². The third-order valence-corrected chi connectivity index (χ3v) is 5.48. The van der Waals surface area contributed by atoms with Gasteiger partial charge in [-0.15, -0.1) is 11.3 Å². The largest absolute Gasteiger partial charge is 0.494 e. The van der Waals surface area contributed by atoms with E-state index in [2.05, 4.69) is 9.97 Å². The SMILES string of the molecule is COc1ccc(C(=O)N2CCc3c(sc4ncnc(N)c34)C2)cc1F. The number of carbonyl (C=O) groups is 1. The first-order valence-electron chi connectivity index (χ1n) is 7.72. The number of ether oxygens (including phenoxy) is 1. The fourth-order valence-corrected chi connectivity index (χ4v) is 4.32. The van der Waals surface area contributed by atoms with Crippen LogP contribution in [0.15, 0.2) is 24.5 Å². The van der Waals surface area contributed by atoms with Gasteiger partial charge >= 0.3 is 0 Å². The summed E-state index contributed by atoms with van der Waals surface area (Å²) in [6, 6.07) is 4.26. The number of aromatic nitrogens is 2. The van der Waals surface area contributed by atoms with Crippen LogP contribution in [-0.4, -0.2) is 34.4 Å². The topological polar surface area (TPSA) is 81.3 Å². The van der Waals surface area contributed by atoms with E-state index in [4.69, 9.17) is 10.5 Å². The normalized spacial score (nSPS) is 13.8. The zero-order valence-electron chi connectivity index (χ0n) is 13.5. The number of amides is 1. The second-order valence-corrected chi connectivity index (χ2v) is 6.85. The van der Waals surface area contributed by atoms with Crippen LogP contribution in [0.1, 0.15) is 20.8 Å². The van der Waals surface area contributed by atoms with Crippen molar-refractivity contribution in [2.75, 3.05) is 19.4 Å². The Balaban J connectivity index is 1.64. The van der Waals surface area contributed by atoms with E-state index in [1.165, 1.54) is 36.9 Å². The molecule has 1 aliphatic heterocycles. The Morgan fingerprint density at radius 2 is 2.24 bits per heavy atom. The van der Waals surface area contributed by atoms with Crippen LogP contribution in [0, 0.1) is 5.82 Å². The number of fused-ring (bicyclic) bond motifs is 3. The minimum atomic E-state index is -0.545. The van der Waals surface area contributed by atoms with E-state index in [1.54, 1.807) is 11.0 Å². The van der Waals surface area contributed by atoms with Crippen molar-refractivity contribution < 1.29 is 13.9 Å². The number of methoxy groups -OCH3 is 1. The Labute approximate surface area is 147 Å². The molecule has 8 heteroatoms. The summed E-state index contributed by atoms with van der Waals surface area (Å²) in [4.78, 5) is 24.6. The van der Waals surface area contributed by atoms with E-state index in [9.17, 15) is 9.18 Å². The molecule has 0 saturated carbocycles. The molecule has 128 valence electrons. The molecular formula is C17H15FN4O2S. The van der Waals surface area contributed by atoms with E-state index >= 15 is 0 Å². The van der Waals surface area contributed by atoms with Gasteiger partial charge in [-0.05, 0) is 30.2 Å². The molecule has 1 aliphatic rings. The van der Waals surface area contributed by atoms with Crippen LogP contribution in [0.2, 0.25) is 0 Å². The van der Waals surface area contributed by atoms with Gasteiger partial charge in [-0.2, -0.15) is 0 Å². The van der Waals surface area contributed by atoms with Crippen molar-refractivity contribution in [3.05, 3.63) is 46.3 Å². The lowest BCUT2D eigenvalue weighted by atomic mass is 10.0. The molecular weight excluding hydrogens is 343 g/mol. The smallest absolute Gasteiger partial charge is 0.254 e. The number of hydrogen-bond donors (Lipinski definition) is 1. The number of halogens is 1. The fraction of sp³-hybridized carbons (Fsp3) is 0.235. The van der Waals surface area contributed by atoms with E-state index in [-0.39, 0.29) is 11.7 Å². The van der Waals surface area contributed by atoms with E-state index < -0.39 is 5.82 Å². The Morgan fingerprint density at radius 1 is 1.40 bits per heavy atom. The van der Waals surface area contributed by atoms with Crippen molar-refractivity contribution in [1.29, 1.82) is 0 Å². The monoisotopic (exact) mass is 358 g/mol. The first-order valence-corrected chi connectivity index (χ1v) is 8.53. The molecule has 0 saturated heterocycles. The average molecular weight is 358 g/mol. The number of nitrogens with two attached hydrogens (primary N) is 1. The number of carbonyl (C=O) groups excluding carboxylic acids is 1. The number of rotatable bonds is 2. The lowest BCUT2D eigenvalue weighted by Gasteiger charge is -2.27. The molecule has 2 aromatic heterocycles. The van der Waals surface area contributed by atoms with Gasteiger partial charge in [0.05, 0.1) is 19.0 Å². The summed E-state index contributed by atoms with van der Waals surface area (Å²) in [7, 11) is 1.39. The second-order valence-electron chi connectivity index (χ2n) is 5.77. The molecule has 3 aromatic rings. The predicted octanol–water partition coefficient (Wildman–Crippen LogP) is 2.62. The highest BCUT2D eigenvalue weighted by Gasteiger charge is 2.26. The molecule has 6 nitrogen and oxygen atoms in total. The van der Waals surface area contributed by atoms with E-state index in [0.29, 0.717) is 30.9 Å². The molecule has 0 fully saturated rings. The average Bonchev–Trinajstić information content (AvgIpc) is 2.99. The Bertz CT molecular complexity index is 988. The van der Waals surface area contributed by atoms with Crippen LogP contribution in [-0.2, 0) is 13.0 Å². The number of anilines is 1. The maximum atomic E-state index is 13.9. The van der Waals surface area contributed by atoms with Crippen molar-refractivity contribution in [3.8, 4) is 5.75 Å². The maximum Gasteiger partial charge on any atom is 0.254 e. The number of nitrogen functional groups attached to an aromatic ring is 1. The van der Waals surface area contributed by atoms with Gasteiger partial charge in [0, 0.05) is 17.0 Å². The lowest BCUT2D eigenvalue weighted by Crippen LogP contribution is -2.35. The van der Waals surface area contributed by atoms with Crippen molar-refractivity contribution in [1.82, 2.24) is 14.9 Å². The summed E-state index contributed by atoms with van der Waals surface area (Å²) in [6.45, 7) is 1.00. The van der Waals surface area contributed by atoms with E-state index in [1.807, 2.05) is 0 Å². The van der Waals surface area contributed by atoms with Gasteiger partial charge in [0.25, 0.3) is 5.91 Å². The predicted molar refractivity (Wildman–Crippen MR) is 93.2 cm³/mol. The van der Waals surface area contributed by atoms with Crippen LogP contribution in [0.4, 0.5) is 10.2 Å². The van der Waals surface area contributed by atoms with Crippen molar-refractivity contribution >= 4 is 33.3 Å². The van der Waals surface area contributed by atoms with E-state index in [0.717, 1.165) is 20.7 Å². The number of nitrogens with zero attached hydrogens (tertiary/aromatic N) is 3. The molecule has 2 N–H and O–H groups in total. The van der Waals surface area contributed by atoms with Crippen molar-refractivity contribution in [3.63, 3.8) is 0 Å². The molecule has 1 aromatic carbocycles. The third kappa shape index (κ3) is 2.58. The summed E-state index contributed by atoms with van der Waals surface area (Å²) in [5.74, 6) is -0.157. The van der Waals surface area contributed by atoms with Crippen LogP contribution in [0.25, 0.3) is 10.2 Å². The van der Waals surface area contributed by atoms with Crippen LogP contribution < -0.4 is 10.5 Å². The number of hydrogen-bond acceptors (Lipinski definition) is 6. The minimum Gasteiger partial charge on any atom is -0.494 e. The first-order chi connectivity index (χ1) is 12.1. The summed E-state index contributed by atoms with van der Waals surface area (Å²) < 4.78 is 18.8. The number of benzene rings is 1. The highest BCUT2D eigenvalue weighted by atomic mass is 32.1. The molecule has 25 heavy (non-hydrogen) atoms. The Morgan fingerprint density at radius 3 is 3.00 bits per heavy atom. The molecule has 0 aliphatic carbocycles. The summed E-state index contributed by atoms with van der Waals surface area (Å²) in [6.07, 6.45) is 2.12. The molecule has 0 unspecified atom stereocenters. The van der Waals surface area contributed by atoms with Gasteiger partial charge in [0.15, 0.2) is 11.6 Å². The van der Waals surface area contributed by atoms with Crippen molar-refractivity contribution in [2.24, 2.45) is 0 Å². The highest BCUT2D eigenvalue weighted by molar-refractivity contribution is 7.19. The van der Waals surface area contributed by atoms with Gasteiger partial charge in [-0.25, -0.2) is 14.4 Å². The second kappa shape index (κ2) is 5.96. The van der Waals surface area contributed by atoms with Gasteiger partial charge in [-0.1, -0.05) is 0 Å². The number of thiophene rings is 1. The standard InChI is InChI=1S/C17H15FN4O2S/c1-24-12-3-2-9(6-11(12)18)17(23)22-5-4-10-13(7-22)25-16-14(10)15(19)20-8-21-16/h2-3,6,8H,4-5,7H2,1H3,(H2,19,20,21). The molecule has 0 atom stereocenters. The zero-order chi connectivity index (χ0) is 17.6. The third-order valence-electron chi connectivity index (χ3n) is 4.35. The lowest BCUT2D eigenvalue weighted by molar-refractivity contribution is 0.0737. The highest BCUT2D eigenvalue weighted by Crippen LogP contribution is 2.36. The first kappa shape index (κ1) is 15.8. The summed E-state index contributed by atoms with van der Waals surface area (Å²) in [5.41, 5.74) is 7.40. The minimum absolute atomic E-state index is 0.121. The molecule has 0 radical (unpaired) electrons. The zero-order valence-corrected chi connectivity index (χ0v) is 14.3. The Kier molecular flexibility index (Phi) is 3.76. The van der Waals surface area contributed by atoms with Crippen molar-refractivity contribution in [2.45, 2.75) is 13.0 Å². The summed E-state index contributed by atoms with van der Waals surface area (Å²) >= 11 is 1.52. The van der Waals surface area contributed by atoms with Crippen LogP contribution in [0.3, 0.4) is 0 Å². The molecule has 1 amide bonds. The summed E-state index contributed by atoms with van der Waals surface area (Å²) in [5, 5.41) is 0.894. The quantitative estimate of drug-likeness (QED) is 0.762. The fourth-order valence-electron chi connectivity index (χ4n) is 3.11. The molecule has 0 spiro atoms. The molecule has 4 rings (SSSR count). The molecule has 3 heterocycles. The van der Waals surface area contributed by atoms with Gasteiger partial charge in [0.1, 0.15) is 17.0 Å². The Hall–Kier alpha value is -2.74. The molecule has 0 bridgehead atoms. The van der Waals surface area contributed by atoms with Gasteiger partial charge < -0.3 is 15.4 Å². The van der Waals surface area contributed by atoms with Crippen LogP contribution >= 0.6 is 11.3 Å².